The molecule has 15 heavy (non-hydrogen) atoms. The van der Waals surface area contributed by atoms with Crippen molar-refractivity contribution in [2.45, 2.75) is 20.4 Å². The summed E-state index contributed by atoms with van der Waals surface area (Å²) in [6, 6.07) is 5.80. The molecule has 0 aromatic heterocycles. The normalized spacial score (nSPS) is 8.87. The fourth-order valence-electron chi connectivity index (χ4n) is 1.19. The van der Waals surface area contributed by atoms with Crippen molar-refractivity contribution in [3.05, 3.63) is 23.8 Å². The number of hydrogen-bond acceptors (Lipinski definition) is 3. The highest BCUT2D eigenvalue weighted by atomic mass is 16.5. The van der Waals surface area contributed by atoms with Gasteiger partial charge < -0.3 is 14.8 Å². The van der Waals surface area contributed by atoms with Crippen molar-refractivity contribution < 1.29 is 9.47 Å². The lowest BCUT2D eigenvalue weighted by Gasteiger charge is -2.09. The monoisotopic (exact) mass is 211 g/mol. The van der Waals surface area contributed by atoms with E-state index in [1.54, 1.807) is 14.2 Å². The molecule has 0 radical (unpaired) electrons. The Hall–Kier alpha value is -1.22. The molecule has 1 aromatic rings. The topological polar surface area (TPSA) is 30.5 Å². The van der Waals surface area contributed by atoms with Crippen LogP contribution in [-0.4, -0.2) is 21.3 Å². The molecule has 0 aliphatic carbocycles. The molecule has 0 spiro atoms. The van der Waals surface area contributed by atoms with E-state index >= 15 is 0 Å². The van der Waals surface area contributed by atoms with Crippen LogP contribution >= 0.6 is 0 Å². The molecule has 1 rings (SSSR count). The minimum Gasteiger partial charge on any atom is -0.497 e. The van der Waals surface area contributed by atoms with Gasteiger partial charge in [0.1, 0.15) is 11.5 Å². The first-order valence-corrected chi connectivity index (χ1v) is 5.17. The Morgan fingerprint density at radius 1 is 1.13 bits per heavy atom. The van der Waals surface area contributed by atoms with Crippen LogP contribution in [0.2, 0.25) is 0 Å². The van der Waals surface area contributed by atoms with Gasteiger partial charge >= 0.3 is 0 Å². The van der Waals surface area contributed by atoms with Crippen molar-refractivity contribution in [3.8, 4) is 11.5 Å². The van der Waals surface area contributed by atoms with Crippen molar-refractivity contribution in [3.63, 3.8) is 0 Å². The standard InChI is InChI=1S/C10H15NO2.C2H6/c1-11-7-8-4-5-9(12-2)6-10(8)13-3;1-2/h4-6,11H,7H2,1-3H3;1-2H3. The average molecular weight is 211 g/mol. The Balaban J connectivity index is 0.000000921. The maximum absolute atomic E-state index is 5.22. The van der Waals surface area contributed by atoms with Crippen LogP contribution in [-0.2, 0) is 6.54 Å². The van der Waals surface area contributed by atoms with E-state index in [-0.39, 0.29) is 0 Å². The summed E-state index contributed by atoms with van der Waals surface area (Å²) in [5, 5.41) is 3.08. The number of ether oxygens (including phenoxy) is 2. The molecule has 0 saturated carbocycles. The Labute approximate surface area is 92.4 Å². The van der Waals surface area contributed by atoms with E-state index in [9.17, 15) is 0 Å². The second-order valence-electron chi connectivity index (χ2n) is 2.71. The van der Waals surface area contributed by atoms with E-state index < -0.39 is 0 Å². The minimum absolute atomic E-state index is 0.799. The maximum Gasteiger partial charge on any atom is 0.127 e. The molecule has 0 atom stereocenters. The lowest BCUT2D eigenvalue weighted by atomic mass is 10.2. The Morgan fingerprint density at radius 3 is 2.27 bits per heavy atom. The van der Waals surface area contributed by atoms with Crippen LogP contribution < -0.4 is 14.8 Å². The fraction of sp³-hybridized carbons (Fsp3) is 0.500. The number of benzene rings is 1. The summed E-state index contributed by atoms with van der Waals surface area (Å²) in [5.41, 5.74) is 1.13. The Bertz CT molecular complexity index is 274. The van der Waals surface area contributed by atoms with Gasteiger partial charge in [0.2, 0.25) is 0 Å². The molecular formula is C12H21NO2. The summed E-state index contributed by atoms with van der Waals surface area (Å²) in [5.74, 6) is 1.67. The molecule has 3 nitrogen and oxygen atoms in total. The second-order valence-corrected chi connectivity index (χ2v) is 2.71. The maximum atomic E-state index is 5.22. The van der Waals surface area contributed by atoms with Gasteiger partial charge in [-0.1, -0.05) is 19.9 Å². The first kappa shape index (κ1) is 13.8. The Morgan fingerprint density at radius 2 is 1.80 bits per heavy atom. The van der Waals surface area contributed by atoms with Crippen LogP contribution in [0.3, 0.4) is 0 Å². The van der Waals surface area contributed by atoms with Crippen LogP contribution in [0.5, 0.6) is 11.5 Å². The molecule has 0 bridgehead atoms. The van der Waals surface area contributed by atoms with Crippen LogP contribution in [0, 0.1) is 0 Å². The molecule has 0 unspecified atom stereocenters. The van der Waals surface area contributed by atoms with Gasteiger partial charge in [0.25, 0.3) is 0 Å². The molecule has 0 saturated heterocycles. The summed E-state index contributed by atoms with van der Waals surface area (Å²) in [6.45, 7) is 4.80. The van der Waals surface area contributed by atoms with E-state index in [0.717, 1.165) is 23.6 Å². The minimum atomic E-state index is 0.799. The van der Waals surface area contributed by atoms with E-state index in [1.807, 2.05) is 39.1 Å². The van der Waals surface area contributed by atoms with Crippen LogP contribution in [0.15, 0.2) is 18.2 Å². The Kier molecular flexibility index (Phi) is 7.46. The van der Waals surface area contributed by atoms with Crippen LogP contribution in [0.4, 0.5) is 0 Å². The second kappa shape index (κ2) is 8.12. The number of hydrogen-bond donors (Lipinski definition) is 1. The van der Waals surface area contributed by atoms with Gasteiger partial charge in [-0.3, -0.25) is 0 Å². The predicted molar refractivity (Wildman–Crippen MR) is 63.7 cm³/mol. The lowest BCUT2D eigenvalue weighted by molar-refractivity contribution is 0.390. The van der Waals surface area contributed by atoms with Crippen molar-refractivity contribution in [2.75, 3.05) is 21.3 Å². The largest absolute Gasteiger partial charge is 0.497 e. The summed E-state index contributed by atoms with van der Waals surface area (Å²) in [6.07, 6.45) is 0. The zero-order valence-electron chi connectivity index (χ0n) is 10.3. The molecule has 1 N–H and O–H groups in total. The van der Waals surface area contributed by atoms with Crippen molar-refractivity contribution in [1.82, 2.24) is 5.32 Å². The highest BCUT2D eigenvalue weighted by Gasteiger charge is 2.02. The summed E-state index contributed by atoms with van der Waals surface area (Å²) in [4.78, 5) is 0. The number of nitrogens with one attached hydrogen (secondary N) is 1. The average Bonchev–Trinajstić information content (AvgIpc) is 2.32. The zero-order chi connectivity index (χ0) is 11.7. The molecular weight excluding hydrogens is 190 g/mol. The molecule has 0 amide bonds. The summed E-state index contributed by atoms with van der Waals surface area (Å²) in [7, 11) is 5.21. The number of rotatable bonds is 4. The molecule has 3 heteroatoms. The molecule has 0 aliphatic heterocycles. The third-order valence-corrected chi connectivity index (χ3v) is 1.86. The van der Waals surface area contributed by atoms with E-state index in [0.29, 0.717) is 0 Å². The summed E-state index contributed by atoms with van der Waals surface area (Å²) < 4.78 is 10.3. The van der Waals surface area contributed by atoms with Gasteiger partial charge in [-0.2, -0.15) is 0 Å². The molecule has 86 valence electrons. The fourth-order valence-corrected chi connectivity index (χ4v) is 1.19. The van der Waals surface area contributed by atoms with Gasteiger partial charge in [0.15, 0.2) is 0 Å². The summed E-state index contributed by atoms with van der Waals surface area (Å²) >= 11 is 0. The highest BCUT2D eigenvalue weighted by molar-refractivity contribution is 5.40. The third kappa shape index (κ3) is 4.21. The lowest BCUT2D eigenvalue weighted by Crippen LogP contribution is -2.06. The quantitative estimate of drug-likeness (QED) is 0.829. The molecule has 0 fully saturated rings. The first-order chi connectivity index (χ1) is 7.31. The first-order valence-electron chi connectivity index (χ1n) is 5.17. The highest BCUT2D eigenvalue weighted by Crippen LogP contribution is 2.24. The van der Waals surface area contributed by atoms with E-state index in [4.69, 9.17) is 9.47 Å². The van der Waals surface area contributed by atoms with Crippen LogP contribution in [0.25, 0.3) is 0 Å². The van der Waals surface area contributed by atoms with Crippen molar-refractivity contribution >= 4 is 0 Å². The van der Waals surface area contributed by atoms with Gasteiger partial charge in [-0.05, 0) is 13.1 Å². The molecule has 1 aromatic carbocycles. The number of methoxy groups -OCH3 is 2. The van der Waals surface area contributed by atoms with E-state index in [2.05, 4.69) is 5.32 Å². The van der Waals surface area contributed by atoms with Gasteiger partial charge in [-0.25, -0.2) is 0 Å². The van der Waals surface area contributed by atoms with Crippen LogP contribution in [0.1, 0.15) is 19.4 Å². The SMILES string of the molecule is CC.CNCc1ccc(OC)cc1OC. The van der Waals surface area contributed by atoms with Gasteiger partial charge in [-0.15, -0.1) is 0 Å². The van der Waals surface area contributed by atoms with E-state index in [1.165, 1.54) is 0 Å². The molecule has 0 aliphatic rings. The predicted octanol–water partition coefficient (Wildman–Crippen LogP) is 2.45. The zero-order valence-corrected chi connectivity index (χ0v) is 10.3. The smallest absolute Gasteiger partial charge is 0.127 e. The van der Waals surface area contributed by atoms with Gasteiger partial charge in [0, 0.05) is 18.2 Å². The van der Waals surface area contributed by atoms with Crippen molar-refractivity contribution in [2.24, 2.45) is 0 Å². The van der Waals surface area contributed by atoms with Crippen molar-refractivity contribution in [1.29, 1.82) is 0 Å². The third-order valence-electron chi connectivity index (χ3n) is 1.86. The van der Waals surface area contributed by atoms with Gasteiger partial charge in [0.05, 0.1) is 14.2 Å². The molecule has 0 heterocycles.